The summed E-state index contributed by atoms with van der Waals surface area (Å²) in [6.07, 6.45) is -0.898. The lowest BCUT2D eigenvalue weighted by Crippen LogP contribution is -2.24. The van der Waals surface area contributed by atoms with Gasteiger partial charge in [0.25, 0.3) is 0 Å². The molecule has 0 aliphatic rings. The first kappa shape index (κ1) is 13.1. The molecule has 2 aromatic rings. The van der Waals surface area contributed by atoms with Crippen LogP contribution < -0.4 is 0 Å². The molecule has 4 heteroatoms. The van der Waals surface area contributed by atoms with Gasteiger partial charge >= 0.3 is 5.97 Å². The first-order chi connectivity index (χ1) is 8.63. The molecule has 0 bridgehead atoms. The predicted octanol–water partition coefficient (Wildman–Crippen LogP) is 2.68. The summed E-state index contributed by atoms with van der Waals surface area (Å²) in [5, 5.41) is 11.8. The Morgan fingerprint density at radius 1 is 1.33 bits per heavy atom. The third-order valence-corrected chi connectivity index (χ3v) is 3.77. The standard InChI is InChI=1S/C14H13BrO3/c1-18-14(17)12(16)8-10-7-6-9-4-2-3-5-11(9)13(10)15/h2-7,12,16H,8H2,1H3. The molecule has 0 amide bonds. The van der Waals surface area contributed by atoms with Gasteiger partial charge in [0.2, 0.25) is 0 Å². The summed E-state index contributed by atoms with van der Waals surface area (Å²) >= 11 is 3.52. The van der Waals surface area contributed by atoms with Gasteiger partial charge in [-0.25, -0.2) is 4.79 Å². The molecule has 0 spiro atoms. The molecule has 0 fully saturated rings. The van der Waals surface area contributed by atoms with Gasteiger partial charge in [-0.1, -0.05) is 36.4 Å². The van der Waals surface area contributed by atoms with Crippen molar-refractivity contribution in [3.05, 3.63) is 46.4 Å². The van der Waals surface area contributed by atoms with E-state index in [1.54, 1.807) is 0 Å². The van der Waals surface area contributed by atoms with Gasteiger partial charge in [-0.3, -0.25) is 0 Å². The van der Waals surface area contributed by atoms with Crippen molar-refractivity contribution in [1.29, 1.82) is 0 Å². The summed E-state index contributed by atoms with van der Waals surface area (Å²) in [5.74, 6) is -0.616. The van der Waals surface area contributed by atoms with Gasteiger partial charge < -0.3 is 9.84 Å². The highest BCUT2D eigenvalue weighted by atomic mass is 79.9. The highest BCUT2D eigenvalue weighted by Crippen LogP contribution is 2.28. The number of fused-ring (bicyclic) bond motifs is 1. The van der Waals surface area contributed by atoms with Crippen LogP contribution in [0.2, 0.25) is 0 Å². The van der Waals surface area contributed by atoms with Crippen molar-refractivity contribution in [3.63, 3.8) is 0 Å². The fourth-order valence-electron chi connectivity index (χ4n) is 1.86. The molecule has 2 aromatic carbocycles. The van der Waals surface area contributed by atoms with E-state index in [1.165, 1.54) is 7.11 Å². The number of halogens is 1. The largest absolute Gasteiger partial charge is 0.467 e. The molecule has 18 heavy (non-hydrogen) atoms. The van der Waals surface area contributed by atoms with E-state index < -0.39 is 12.1 Å². The van der Waals surface area contributed by atoms with Crippen LogP contribution >= 0.6 is 15.9 Å². The second-order valence-corrected chi connectivity index (χ2v) is 4.80. The average molecular weight is 309 g/mol. The van der Waals surface area contributed by atoms with Crippen molar-refractivity contribution in [1.82, 2.24) is 0 Å². The molecule has 1 atom stereocenters. The maximum atomic E-state index is 11.2. The number of hydrogen-bond donors (Lipinski definition) is 1. The van der Waals surface area contributed by atoms with Gasteiger partial charge in [-0.2, -0.15) is 0 Å². The van der Waals surface area contributed by atoms with Gasteiger partial charge in [0.15, 0.2) is 6.10 Å². The molecular weight excluding hydrogens is 296 g/mol. The fraction of sp³-hybridized carbons (Fsp3) is 0.214. The van der Waals surface area contributed by atoms with Crippen LogP contribution in [-0.2, 0) is 16.0 Å². The molecule has 94 valence electrons. The molecule has 0 aromatic heterocycles. The lowest BCUT2D eigenvalue weighted by Gasteiger charge is -2.11. The zero-order valence-corrected chi connectivity index (χ0v) is 11.5. The number of benzene rings is 2. The second kappa shape index (κ2) is 5.50. The summed E-state index contributed by atoms with van der Waals surface area (Å²) in [6, 6.07) is 11.8. The lowest BCUT2D eigenvalue weighted by molar-refractivity contribution is -0.150. The van der Waals surface area contributed by atoms with Crippen LogP contribution in [0, 0.1) is 0 Å². The Bertz CT molecular complexity index is 580. The number of methoxy groups -OCH3 is 1. The first-order valence-electron chi connectivity index (χ1n) is 5.55. The number of carbonyl (C=O) groups is 1. The van der Waals surface area contributed by atoms with E-state index in [2.05, 4.69) is 20.7 Å². The Morgan fingerprint density at radius 2 is 2.06 bits per heavy atom. The molecule has 1 unspecified atom stereocenters. The molecule has 0 saturated carbocycles. The van der Waals surface area contributed by atoms with Crippen molar-refractivity contribution in [2.45, 2.75) is 12.5 Å². The van der Waals surface area contributed by atoms with Crippen LogP contribution in [0.5, 0.6) is 0 Å². The van der Waals surface area contributed by atoms with Crippen LogP contribution in [0.1, 0.15) is 5.56 Å². The van der Waals surface area contributed by atoms with Crippen molar-refractivity contribution in [2.75, 3.05) is 7.11 Å². The minimum Gasteiger partial charge on any atom is -0.467 e. The minimum absolute atomic E-state index is 0.234. The van der Waals surface area contributed by atoms with E-state index in [1.807, 2.05) is 36.4 Å². The number of rotatable bonds is 3. The van der Waals surface area contributed by atoms with E-state index in [9.17, 15) is 9.90 Å². The summed E-state index contributed by atoms with van der Waals surface area (Å²) < 4.78 is 5.41. The molecule has 0 radical (unpaired) electrons. The third-order valence-electron chi connectivity index (χ3n) is 2.83. The van der Waals surface area contributed by atoms with Crippen molar-refractivity contribution in [3.8, 4) is 0 Å². The SMILES string of the molecule is COC(=O)C(O)Cc1ccc2ccccc2c1Br. The molecule has 0 aliphatic heterocycles. The lowest BCUT2D eigenvalue weighted by atomic mass is 10.0. The smallest absolute Gasteiger partial charge is 0.335 e. The number of carbonyl (C=O) groups excluding carboxylic acids is 1. The molecule has 2 rings (SSSR count). The first-order valence-corrected chi connectivity index (χ1v) is 6.35. The zero-order chi connectivity index (χ0) is 13.1. The molecule has 0 saturated heterocycles. The van der Waals surface area contributed by atoms with E-state index in [0.29, 0.717) is 0 Å². The molecule has 1 N–H and O–H groups in total. The zero-order valence-electron chi connectivity index (χ0n) is 9.89. The summed E-state index contributed by atoms with van der Waals surface area (Å²) in [7, 11) is 1.26. The monoisotopic (exact) mass is 308 g/mol. The Hall–Kier alpha value is -1.39. The summed E-state index contributed by atoms with van der Waals surface area (Å²) in [6.45, 7) is 0. The van der Waals surface area contributed by atoms with E-state index in [4.69, 9.17) is 0 Å². The second-order valence-electron chi connectivity index (χ2n) is 4.00. The summed E-state index contributed by atoms with van der Waals surface area (Å²) in [5.41, 5.74) is 0.881. The van der Waals surface area contributed by atoms with Gasteiger partial charge in [0.1, 0.15) is 0 Å². The van der Waals surface area contributed by atoms with E-state index in [-0.39, 0.29) is 6.42 Å². The minimum atomic E-state index is -1.13. The maximum absolute atomic E-state index is 11.2. The van der Waals surface area contributed by atoms with Crippen molar-refractivity contribution in [2.24, 2.45) is 0 Å². The van der Waals surface area contributed by atoms with Gasteiger partial charge in [0.05, 0.1) is 7.11 Å². The van der Waals surface area contributed by atoms with Crippen LogP contribution in [0.25, 0.3) is 10.8 Å². The van der Waals surface area contributed by atoms with Gasteiger partial charge in [-0.05, 0) is 32.3 Å². The highest BCUT2D eigenvalue weighted by Gasteiger charge is 2.17. The highest BCUT2D eigenvalue weighted by molar-refractivity contribution is 9.10. The van der Waals surface area contributed by atoms with Gasteiger partial charge in [0, 0.05) is 10.9 Å². The maximum Gasteiger partial charge on any atom is 0.335 e. The van der Waals surface area contributed by atoms with Crippen LogP contribution in [0.4, 0.5) is 0 Å². The normalized spacial score (nSPS) is 12.4. The molecule has 0 heterocycles. The summed E-state index contributed by atoms with van der Waals surface area (Å²) in [4.78, 5) is 11.2. The van der Waals surface area contributed by atoms with E-state index >= 15 is 0 Å². The van der Waals surface area contributed by atoms with Crippen molar-refractivity contribution < 1.29 is 14.6 Å². The Kier molecular flexibility index (Phi) is 3.99. The average Bonchev–Trinajstić information content (AvgIpc) is 2.41. The van der Waals surface area contributed by atoms with Crippen LogP contribution in [0.15, 0.2) is 40.9 Å². The Balaban J connectivity index is 2.35. The van der Waals surface area contributed by atoms with E-state index in [0.717, 1.165) is 20.8 Å². The van der Waals surface area contributed by atoms with Crippen LogP contribution in [0.3, 0.4) is 0 Å². The van der Waals surface area contributed by atoms with Crippen molar-refractivity contribution >= 4 is 32.7 Å². The molecule has 3 nitrogen and oxygen atoms in total. The topological polar surface area (TPSA) is 46.5 Å². The number of aliphatic hydroxyl groups excluding tert-OH is 1. The van der Waals surface area contributed by atoms with Crippen LogP contribution in [-0.4, -0.2) is 24.3 Å². The number of ether oxygens (including phenoxy) is 1. The fourth-order valence-corrected chi connectivity index (χ4v) is 2.52. The third kappa shape index (κ3) is 2.54. The predicted molar refractivity (Wildman–Crippen MR) is 73.4 cm³/mol. The molecule has 0 aliphatic carbocycles. The Labute approximate surface area is 114 Å². The Morgan fingerprint density at radius 3 is 2.78 bits per heavy atom. The number of hydrogen-bond acceptors (Lipinski definition) is 3. The van der Waals surface area contributed by atoms with Gasteiger partial charge in [-0.15, -0.1) is 0 Å². The molecular formula is C14H13BrO3. The number of aliphatic hydroxyl groups is 1. The number of esters is 1. The quantitative estimate of drug-likeness (QED) is 0.887.